The SMILES string of the molecule is C=C(C(N)=O)C(C)C.CCO. The smallest absolute Gasteiger partial charge is 0.244 e. The van der Waals surface area contributed by atoms with Gasteiger partial charge >= 0.3 is 0 Å². The maximum absolute atomic E-state index is 10.3. The largest absolute Gasteiger partial charge is 0.397 e. The average molecular weight is 159 g/mol. The van der Waals surface area contributed by atoms with E-state index in [2.05, 4.69) is 6.58 Å². The molecular formula is C8H17NO2. The minimum absolute atomic E-state index is 0.174. The van der Waals surface area contributed by atoms with Crippen molar-refractivity contribution < 1.29 is 9.90 Å². The standard InChI is InChI=1S/C6H11NO.C2H6O/c1-4(2)5(3)6(7)8;1-2-3/h4H,3H2,1-2H3,(H2,7,8);3H,2H2,1H3. The first-order valence-corrected chi connectivity index (χ1v) is 3.56. The van der Waals surface area contributed by atoms with Crippen LogP contribution in [0.15, 0.2) is 12.2 Å². The van der Waals surface area contributed by atoms with Crippen molar-refractivity contribution in [3.05, 3.63) is 12.2 Å². The number of aliphatic hydroxyl groups excluding tert-OH is 1. The van der Waals surface area contributed by atoms with Crippen molar-refractivity contribution in [2.24, 2.45) is 11.7 Å². The van der Waals surface area contributed by atoms with Crippen molar-refractivity contribution >= 4 is 5.91 Å². The lowest BCUT2D eigenvalue weighted by atomic mass is 10.1. The van der Waals surface area contributed by atoms with Crippen molar-refractivity contribution in [1.29, 1.82) is 0 Å². The molecule has 0 unspecified atom stereocenters. The summed E-state index contributed by atoms with van der Waals surface area (Å²) in [5.74, 6) is -0.229. The molecule has 0 aliphatic heterocycles. The molecule has 0 bridgehead atoms. The Balaban J connectivity index is 0. The molecule has 0 aromatic rings. The van der Waals surface area contributed by atoms with E-state index in [0.717, 1.165) is 0 Å². The highest BCUT2D eigenvalue weighted by Crippen LogP contribution is 2.03. The third-order valence-electron chi connectivity index (χ3n) is 1.01. The number of primary amides is 1. The van der Waals surface area contributed by atoms with Gasteiger partial charge in [0.25, 0.3) is 0 Å². The minimum atomic E-state index is -0.403. The highest BCUT2D eigenvalue weighted by Gasteiger charge is 2.03. The van der Waals surface area contributed by atoms with Crippen molar-refractivity contribution in [3.8, 4) is 0 Å². The van der Waals surface area contributed by atoms with Gasteiger partial charge in [0, 0.05) is 12.2 Å². The van der Waals surface area contributed by atoms with Crippen molar-refractivity contribution in [1.82, 2.24) is 0 Å². The van der Waals surface area contributed by atoms with Crippen LogP contribution in [0, 0.1) is 5.92 Å². The fourth-order valence-electron chi connectivity index (χ4n) is 0.285. The van der Waals surface area contributed by atoms with Crippen LogP contribution in [0.1, 0.15) is 20.8 Å². The van der Waals surface area contributed by atoms with E-state index in [1.165, 1.54) is 0 Å². The summed E-state index contributed by atoms with van der Waals surface area (Å²) in [5, 5.41) is 7.57. The number of amides is 1. The van der Waals surface area contributed by atoms with Gasteiger partial charge in [0.1, 0.15) is 0 Å². The quantitative estimate of drug-likeness (QED) is 0.582. The first-order chi connectivity index (χ1) is 4.97. The summed E-state index contributed by atoms with van der Waals surface area (Å²) >= 11 is 0. The van der Waals surface area contributed by atoms with E-state index in [1.54, 1.807) is 6.92 Å². The van der Waals surface area contributed by atoms with E-state index in [4.69, 9.17) is 10.8 Å². The van der Waals surface area contributed by atoms with Crippen LogP contribution in [-0.2, 0) is 4.79 Å². The molecule has 3 nitrogen and oxygen atoms in total. The molecule has 0 spiro atoms. The number of carbonyl (C=O) groups is 1. The number of hydrogen-bond donors (Lipinski definition) is 2. The number of nitrogens with two attached hydrogens (primary N) is 1. The first-order valence-electron chi connectivity index (χ1n) is 3.56. The van der Waals surface area contributed by atoms with Gasteiger partial charge in [-0.1, -0.05) is 20.4 Å². The van der Waals surface area contributed by atoms with Crippen LogP contribution < -0.4 is 5.73 Å². The molecule has 0 saturated heterocycles. The zero-order valence-corrected chi connectivity index (χ0v) is 7.42. The highest BCUT2D eigenvalue weighted by molar-refractivity contribution is 5.91. The second-order valence-corrected chi connectivity index (χ2v) is 2.36. The van der Waals surface area contributed by atoms with Gasteiger partial charge in [-0.3, -0.25) is 4.79 Å². The first kappa shape index (κ1) is 12.8. The summed E-state index contributed by atoms with van der Waals surface area (Å²) in [6, 6.07) is 0. The van der Waals surface area contributed by atoms with E-state index >= 15 is 0 Å². The monoisotopic (exact) mass is 159 g/mol. The molecule has 0 aliphatic carbocycles. The Hall–Kier alpha value is -0.830. The molecule has 11 heavy (non-hydrogen) atoms. The third-order valence-corrected chi connectivity index (χ3v) is 1.01. The molecule has 0 aromatic carbocycles. The Morgan fingerprint density at radius 3 is 1.91 bits per heavy atom. The molecule has 1 amide bonds. The van der Waals surface area contributed by atoms with Crippen LogP contribution in [0.5, 0.6) is 0 Å². The summed E-state index contributed by atoms with van der Waals surface area (Å²) in [4.78, 5) is 10.3. The van der Waals surface area contributed by atoms with Gasteiger partial charge in [0.05, 0.1) is 0 Å². The van der Waals surface area contributed by atoms with Gasteiger partial charge in [0.2, 0.25) is 5.91 Å². The van der Waals surface area contributed by atoms with Gasteiger partial charge < -0.3 is 10.8 Å². The van der Waals surface area contributed by atoms with Crippen molar-refractivity contribution in [2.45, 2.75) is 20.8 Å². The molecule has 0 aromatic heterocycles. The predicted molar refractivity (Wildman–Crippen MR) is 45.9 cm³/mol. The van der Waals surface area contributed by atoms with Gasteiger partial charge in [0.15, 0.2) is 0 Å². The summed E-state index contributed by atoms with van der Waals surface area (Å²) in [6.07, 6.45) is 0. The van der Waals surface area contributed by atoms with Gasteiger partial charge in [-0.15, -0.1) is 0 Å². The topological polar surface area (TPSA) is 63.3 Å². The normalized spacial score (nSPS) is 8.45. The van der Waals surface area contributed by atoms with E-state index in [0.29, 0.717) is 5.57 Å². The Kier molecular flexibility index (Phi) is 8.48. The Bertz CT molecular complexity index is 130. The molecule has 0 saturated carbocycles. The maximum atomic E-state index is 10.3. The predicted octanol–water partition coefficient (Wildman–Crippen LogP) is 0.682. The third kappa shape index (κ3) is 9.17. The lowest BCUT2D eigenvalue weighted by molar-refractivity contribution is -0.114. The Labute approximate surface area is 67.9 Å². The molecule has 66 valence electrons. The Morgan fingerprint density at radius 2 is 1.91 bits per heavy atom. The van der Waals surface area contributed by atoms with Crippen molar-refractivity contribution in [2.75, 3.05) is 6.61 Å². The summed E-state index contributed by atoms with van der Waals surface area (Å²) < 4.78 is 0. The molecule has 3 N–H and O–H groups in total. The summed E-state index contributed by atoms with van der Waals surface area (Å²) in [6.45, 7) is 9.17. The summed E-state index contributed by atoms with van der Waals surface area (Å²) in [5.41, 5.74) is 5.39. The second kappa shape index (κ2) is 7.28. The number of carbonyl (C=O) groups excluding carboxylic acids is 1. The van der Waals surface area contributed by atoms with Crippen LogP contribution >= 0.6 is 0 Å². The molecule has 0 rings (SSSR count). The van der Waals surface area contributed by atoms with E-state index in [1.807, 2.05) is 13.8 Å². The number of aliphatic hydroxyl groups is 1. The highest BCUT2D eigenvalue weighted by atomic mass is 16.2. The zero-order valence-electron chi connectivity index (χ0n) is 7.42. The van der Waals surface area contributed by atoms with Crippen LogP contribution in [0.4, 0.5) is 0 Å². The van der Waals surface area contributed by atoms with Crippen LogP contribution in [0.2, 0.25) is 0 Å². The molecule has 0 aliphatic rings. The average Bonchev–Trinajstić information content (AvgIpc) is 1.87. The summed E-state index contributed by atoms with van der Waals surface area (Å²) in [7, 11) is 0. The fraction of sp³-hybridized carbons (Fsp3) is 0.625. The zero-order chi connectivity index (χ0) is 9.44. The molecule has 0 heterocycles. The second-order valence-electron chi connectivity index (χ2n) is 2.36. The fourth-order valence-corrected chi connectivity index (χ4v) is 0.285. The maximum Gasteiger partial charge on any atom is 0.244 e. The van der Waals surface area contributed by atoms with E-state index in [9.17, 15) is 4.79 Å². The van der Waals surface area contributed by atoms with Crippen molar-refractivity contribution in [3.63, 3.8) is 0 Å². The molecular weight excluding hydrogens is 142 g/mol. The number of hydrogen-bond acceptors (Lipinski definition) is 2. The number of rotatable bonds is 2. The molecule has 0 radical (unpaired) electrons. The molecule has 0 atom stereocenters. The lowest BCUT2D eigenvalue weighted by Crippen LogP contribution is -2.16. The van der Waals surface area contributed by atoms with E-state index < -0.39 is 5.91 Å². The lowest BCUT2D eigenvalue weighted by Gasteiger charge is -2.01. The van der Waals surface area contributed by atoms with Gasteiger partial charge in [-0.05, 0) is 12.8 Å². The Morgan fingerprint density at radius 1 is 1.64 bits per heavy atom. The minimum Gasteiger partial charge on any atom is -0.397 e. The van der Waals surface area contributed by atoms with Gasteiger partial charge in [-0.25, -0.2) is 0 Å². The molecule has 0 fully saturated rings. The van der Waals surface area contributed by atoms with Crippen LogP contribution in [-0.4, -0.2) is 17.6 Å². The molecule has 3 heteroatoms. The van der Waals surface area contributed by atoms with E-state index in [-0.39, 0.29) is 12.5 Å². The van der Waals surface area contributed by atoms with Gasteiger partial charge in [-0.2, -0.15) is 0 Å². The van der Waals surface area contributed by atoms with Crippen LogP contribution in [0.25, 0.3) is 0 Å². The van der Waals surface area contributed by atoms with Crippen LogP contribution in [0.3, 0.4) is 0 Å².